The highest BCUT2D eigenvalue weighted by molar-refractivity contribution is 5.94. The number of amides is 2. The SMILES string of the molecule is CCc1cccc(CC)c1NC(=O)CN(C)CC(=O)NC1CC1. The van der Waals surface area contributed by atoms with Gasteiger partial charge in [0.1, 0.15) is 0 Å². The largest absolute Gasteiger partial charge is 0.352 e. The summed E-state index contributed by atoms with van der Waals surface area (Å²) in [5.74, 6) is -0.0895. The monoisotopic (exact) mass is 317 g/mol. The Morgan fingerprint density at radius 1 is 1.09 bits per heavy atom. The Labute approximate surface area is 138 Å². The molecule has 23 heavy (non-hydrogen) atoms. The van der Waals surface area contributed by atoms with Gasteiger partial charge in [-0.1, -0.05) is 32.0 Å². The zero-order valence-corrected chi connectivity index (χ0v) is 14.3. The van der Waals surface area contributed by atoms with Crippen molar-refractivity contribution < 1.29 is 9.59 Å². The Hall–Kier alpha value is -1.88. The van der Waals surface area contributed by atoms with Gasteiger partial charge < -0.3 is 10.6 Å². The van der Waals surface area contributed by atoms with E-state index in [0.29, 0.717) is 6.04 Å². The average Bonchev–Trinajstić information content (AvgIpc) is 3.30. The van der Waals surface area contributed by atoms with E-state index in [1.165, 1.54) is 0 Å². The number of rotatable bonds is 8. The van der Waals surface area contributed by atoms with Gasteiger partial charge in [-0.2, -0.15) is 0 Å². The third-order valence-corrected chi connectivity index (χ3v) is 4.03. The van der Waals surface area contributed by atoms with Crippen LogP contribution in [-0.2, 0) is 22.4 Å². The molecular formula is C18H27N3O2. The second-order valence-electron chi connectivity index (χ2n) is 6.22. The predicted octanol–water partition coefficient (Wildman–Crippen LogP) is 1.96. The fourth-order valence-corrected chi connectivity index (χ4v) is 2.63. The van der Waals surface area contributed by atoms with E-state index in [0.717, 1.165) is 42.5 Å². The summed E-state index contributed by atoms with van der Waals surface area (Å²) in [4.78, 5) is 25.8. The van der Waals surface area contributed by atoms with Gasteiger partial charge in [-0.3, -0.25) is 14.5 Å². The topological polar surface area (TPSA) is 61.4 Å². The van der Waals surface area contributed by atoms with Gasteiger partial charge in [0.25, 0.3) is 0 Å². The molecule has 5 heteroatoms. The molecule has 1 aliphatic carbocycles. The Morgan fingerprint density at radius 3 is 2.17 bits per heavy atom. The number of anilines is 1. The van der Waals surface area contributed by atoms with Crippen LogP contribution in [-0.4, -0.2) is 42.9 Å². The molecule has 1 aromatic carbocycles. The summed E-state index contributed by atoms with van der Waals surface area (Å²) in [6, 6.07) is 6.47. The van der Waals surface area contributed by atoms with Gasteiger partial charge in [0.05, 0.1) is 13.1 Å². The maximum atomic E-state index is 12.3. The molecule has 0 unspecified atom stereocenters. The first-order valence-electron chi connectivity index (χ1n) is 8.42. The summed E-state index contributed by atoms with van der Waals surface area (Å²) >= 11 is 0. The third kappa shape index (κ3) is 5.36. The zero-order valence-electron chi connectivity index (χ0n) is 14.3. The molecule has 2 N–H and O–H groups in total. The van der Waals surface area contributed by atoms with Crippen LogP contribution in [0.2, 0.25) is 0 Å². The molecule has 0 heterocycles. The van der Waals surface area contributed by atoms with Crippen molar-refractivity contribution in [1.29, 1.82) is 0 Å². The highest BCUT2D eigenvalue weighted by atomic mass is 16.2. The fourth-order valence-electron chi connectivity index (χ4n) is 2.63. The van der Waals surface area contributed by atoms with Crippen LogP contribution >= 0.6 is 0 Å². The van der Waals surface area contributed by atoms with Crippen LogP contribution in [0, 0.1) is 0 Å². The van der Waals surface area contributed by atoms with Crippen molar-refractivity contribution in [1.82, 2.24) is 10.2 Å². The number of hydrogen-bond donors (Lipinski definition) is 2. The summed E-state index contributed by atoms with van der Waals surface area (Å²) in [7, 11) is 1.79. The molecule has 0 aromatic heterocycles. The van der Waals surface area contributed by atoms with Gasteiger partial charge in [-0.25, -0.2) is 0 Å². The quantitative estimate of drug-likeness (QED) is 0.770. The summed E-state index contributed by atoms with van der Waals surface area (Å²) < 4.78 is 0. The van der Waals surface area contributed by atoms with Crippen molar-refractivity contribution in [3.05, 3.63) is 29.3 Å². The molecule has 0 radical (unpaired) electrons. The van der Waals surface area contributed by atoms with E-state index < -0.39 is 0 Å². The maximum Gasteiger partial charge on any atom is 0.238 e. The molecule has 2 amide bonds. The maximum absolute atomic E-state index is 12.3. The molecule has 1 fully saturated rings. The van der Waals surface area contributed by atoms with Crippen molar-refractivity contribution in [3.63, 3.8) is 0 Å². The molecule has 0 aliphatic heterocycles. The number of aryl methyl sites for hydroxylation is 2. The number of carbonyl (C=O) groups is 2. The number of nitrogens with one attached hydrogen (secondary N) is 2. The van der Waals surface area contributed by atoms with Crippen LogP contribution in [0.5, 0.6) is 0 Å². The van der Waals surface area contributed by atoms with Crippen molar-refractivity contribution in [2.24, 2.45) is 0 Å². The minimum Gasteiger partial charge on any atom is -0.352 e. The first kappa shape index (κ1) is 17.5. The lowest BCUT2D eigenvalue weighted by atomic mass is 10.0. The van der Waals surface area contributed by atoms with Crippen LogP contribution in [0.15, 0.2) is 18.2 Å². The molecule has 5 nitrogen and oxygen atoms in total. The summed E-state index contributed by atoms with van der Waals surface area (Å²) in [6.45, 7) is 4.62. The van der Waals surface area contributed by atoms with Gasteiger partial charge in [0, 0.05) is 11.7 Å². The molecule has 1 saturated carbocycles. The first-order valence-corrected chi connectivity index (χ1v) is 8.42. The average molecular weight is 317 g/mol. The summed E-state index contributed by atoms with van der Waals surface area (Å²) in [5.41, 5.74) is 3.22. The standard InChI is InChI=1S/C18H27N3O2/c1-4-13-7-6-8-14(5-2)18(13)20-17(23)12-21(3)11-16(22)19-15-9-10-15/h6-8,15H,4-5,9-12H2,1-3H3,(H,19,22)(H,20,23). The van der Waals surface area contributed by atoms with E-state index in [2.05, 4.69) is 24.5 Å². The molecule has 126 valence electrons. The number of para-hydroxylation sites is 1. The minimum atomic E-state index is -0.0812. The number of benzene rings is 1. The van der Waals surface area contributed by atoms with Crippen LogP contribution in [0.25, 0.3) is 0 Å². The Balaban J connectivity index is 1.89. The van der Waals surface area contributed by atoms with Gasteiger partial charge >= 0.3 is 0 Å². The molecule has 0 saturated heterocycles. The second-order valence-corrected chi connectivity index (χ2v) is 6.22. The molecule has 0 spiro atoms. The minimum absolute atomic E-state index is 0.00833. The zero-order chi connectivity index (χ0) is 16.8. The Bertz CT molecular complexity index is 545. The Morgan fingerprint density at radius 2 is 1.65 bits per heavy atom. The molecular weight excluding hydrogens is 290 g/mol. The van der Waals surface area contributed by atoms with E-state index in [1.54, 1.807) is 11.9 Å². The van der Waals surface area contributed by atoms with Crippen molar-refractivity contribution >= 4 is 17.5 Å². The summed E-state index contributed by atoms with van der Waals surface area (Å²) in [5, 5.41) is 5.96. The number of hydrogen-bond acceptors (Lipinski definition) is 3. The van der Waals surface area contributed by atoms with Crippen molar-refractivity contribution in [2.75, 3.05) is 25.5 Å². The lowest BCUT2D eigenvalue weighted by Gasteiger charge is -2.18. The summed E-state index contributed by atoms with van der Waals surface area (Å²) in [6.07, 6.45) is 3.90. The van der Waals surface area contributed by atoms with Crippen molar-refractivity contribution in [3.8, 4) is 0 Å². The number of likely N-dealkylation sites (N-methyl/N-ethyl adjacent to an activating group) is 1. The lowest BCUT2D eigenvalue weighted by molar-refractivity contribution is -0.123. The van der Waals surface area contributed by atoms with Crippen LogP contribution in [0.4, 0.5) is 5.69 Å². The van der Waals surface area contributed by atoms with E-state index >= 15 is 0 Å². The molecule has 1 aromatic rings. The molecule has 0 atom stereocenters. The highest BCUT2D eigenvalue weighted by Gasteiger charge is 2.23. The molecule has 1 aliphatic rings. The van der Waals surface area contributed by atoms with E-state index in [1.807, 2.05) is 18.2 Å². The smallest absolute Gasteiger partial charge is 0.238 e. The van der Waals surface area contributed by atoms with Crippen molar-refractivity contribution in [2.45, 2.75) is 45.6 Å². The van der Waals surface area contributed by atoms with E-state index in [9.17, 15) is 9.59 Å². The fraction of sp³-hybridized carbons (Fsp3) is 0.556. The third-order valence-electron chi connectivity index (χ3n) is 4.03. The normalized spacial score (nSPS) is 13.9. The van der Waals surface area contributed by atoms with Crippen LogP contribution in [0.3, 0.4) is 0 Å². The van der Waals surface area contributed by atoms with Crippen LogP contribution < -0.4 is 10.6 Å². The van der Waals surface area contributed by atoms with Crippen LogP contribution in [0.1, 0.15) is 37.8 Å². The number of carbonyl (C=O) groups excluding carboxylic acids is 2. The predicted molar refractivity (Wildman–Crippen MR) is 92.5 cm³/mol. The van der Waals surface area contributed by atoms with Gasteiger partial charge in [-0.15, -0.1) is 0 Å². The Kier molecular flexibility index (Phi) is 6.16. The second kappa shape index (κ2) is 8.11. The first-order chi connectivity index (χ1) is 11.0. The molecule has 2 rings (SSSR count). The van der Waals surface area contributed by atoms with Gasteiger partial charge in [0.15, 0.2) is 0 Å². The van der Waals surface area contributed by atoms with Gasteiger partial charge in [0.2, 0.25) is 11.8 Å². The van der Waals surface area contributed by atoms with Gasteiger partial charge in [-0.05, 0) is 43.9 Å². The number of nitrogens with zero attached hydrogens (tertiary/aromatic N) is 1. The molecule has 0 bridgehead atoms. The highest BCUT2D eigenvalue weighted by Crippen LogP contribution is 2.22. The van der Waals surface area contributed by atoms with E-state index in [-0.39, 0.29) is 24.9 Å². The lowest BCUT2D eigenvalue weighted by Crippen LogP contribution is -2.39. The van der Waals surface area contributed by atoms with E-state index in [4.69, 9.17) is 0 Å².